The summed E-state index contributed by atoms with van der Waals surface area (Å²) in [5.74, 6) is 0.931. The van der Waals surface area contributed by atoms with Gasteiger partial charge >= 0.3 is 0 Å². The Morgan fingerprint density at radius 1 is 1.23 bits per heavy atom. The smallest absolute Gasteiger partial charge is 0.252 e. The molecule has 118 valence electrons. The number of pyridine rings is 1. The molecule has 22 heavy (non-hydrogen) atoms. The van der Waals surface area contributed by atoms with E-state index in [0.29, 0.717) is 5.92 Å². The first-order valence-electron chi connectivity index (χ1n) is 8.40. The molecule has 3 heteroatoms. The van der Waals surface area contributed by atoms with Gasteiger partial charge in [-0.3, -0.25) is 4.79 Å². The monoisotopic (exact) mass is 317 g/mol. The Morgan fingerprint density at radius 2 is 1.95 bits per heavy atom. The number of hydrogen-bond donors (Lipinski definition) is 1. The van der Waals surface area contributed by atoms with Gasteiger partial charge in [-0.15, -0.1) is 0 Å². The normalized spacial score (nSPS) is 16.5. The van der Waals surface area contributed by atoms with E-state index in [1.807, 2.05) is 18.2 Å². The third-order valence-corrected chi connectivity index (χ3v) is 5.15. The molecule has 0 atom stereocenters. The van der Waals surface area contributed by atoms with Crippen molar-refractivity contribution in [1.29, 1.82) is 0 Å². The van der Waals surface area contributed by atoms with Gasteiger partial charge in [-0.05, 0) is 42.0 Å². The van der Waals surface area contributed by atoms with E-state index in [9.17, 15) is 4.79 Å². The van der Waals surface area contributed by atoms with E-state index in [0.717, 1.165) is 27.9 Å². The van der Waals surface area contributed by atoms with Crippen molar-refractivity contribution in [3.05, 3.63) is 44.7 Å². The first-order chi connectivity index (χ1) is 10.6. The first kappa shape index (κ1) is 15.6. The Bertz CT molecular complexity index is 726. The highest BCUT2D eigenvalue weighted by Gasteiger charge is 2.21. The lowest BCUT2D eigenvalue weighted by atomic mass is 9.81. The highest BCUT2D eigenvalue weighted by molar-refractivity contribution is 6.31. The zero-order valence-electron chi connectivity index (χ0n) is 13.4. The van der Waals surface area contributed by atoms with E-state index in [1.54, 1.807) is 0 Å². The van der Waals surface area contributed by atoms with Gasteiger partial charge in [0.25, 0.3) is 5.56 Å². The Balaban J connectivity index is 2.15. The molecule has 0 unspecified atom stereocenters. The zero-order chi connectivity index (χ0) is 15.7. The molecular formula is C19H24ClNO. The maximum absolute atomic E-state index is 12.5. The van der Waals surface area contributed by atoms with Crippen molar-refractivity contribution in [3.63, 3.8) is 0 Å². The molecule has 0 spiro atoms. The van der Waals surface area contributed by atoms with Crippen LogP contribution >= 0.6 is 11.6 Å². The molecular weight excluding hydrogens is 294 g/mol. The number of H-pyrrole nitrogens is 1. The number of hydrogen-bond acceptors (Lipinski definition) is 1. The van der Waals surface area contributed by atoms with Crippen LogP contribution in [0.1, 0.15) is 63.0 Å². The van der Waals surface area contributed by atoms with Crippen molar-refractivity contribution in [2.45, 2.75) is 58.3 Å². The Labute approximate surface area is 136 Å². The molecule has 0 amide bonds. The van der Waals surface area contributed by atoms with Gasteiger partial charge in [0.15, 0.2) is 0 Å². The maximum Gasteiger partial charge on any atom is 0.252 e. The van der Waals surface area contributed by atoms with Crippen LogP contribution in [0, 0.1) is 5.92 Å². The van der Waals surface area contributed by atoms with Crippen LogP contribution in [-0.4, -0.2) is 4.98 Å². The summed E-state index contributed by atoms with van der Waals surface area (Å²) >= 11 is 6.21. The highest BCUT2D eigenvalue weighted by Crippen LogP contribution is 2.32. The Kier molecular flexibility index (Phi) is 4.58. The molecule has 3 rings (SSSR count). The summed E-state index contributed by atoms with van der Waals surface area (Å²) in [5, 5.41) is 1.86. The van der Waals surface area contributed by atoms with Crippen molar-refractivity contribution >= 4 is 22.5 Å². The van der Waals surface area contributed by atoms with Crippen LogP contribution < -0.4 is 5.56 Å². The van der Waals surface area contributed by atoms with E-state index in [4.69, 9.17) is 11.6 Å². The maximum atomic E-state index is 12.5. The minimum Gasteiger partial charge on any atom is -0.322 e. The average Bonchev–Trinajstić information content (AvgIpc) is 2.48. The number of halogens is 1. The van der Waals surface area contributed by atoms with Crippen LogP contribution in [0.3, 0.4) is 0 Å². The summed E-state index contributed by atoms with van der Waals surface area (Å²) < 4.78 is 0. The molecule has 1 fully saturated rings. The molecule has 0 bridgehead atoms. The summed E-state index contributed by atoms with van der Waals surface area (Å²) in [5.41, 5.74) is 3.14. The van der Waals surface area contributed by atoms with Gasteiger partial charge in [-0.2, -0.15) is 0 Å². The van der Waals surface area contributed by atoms with Crippen LogP contribution in [0.5, 0.6) is 0 Å². The minimum atomic E-state index is 0.0654. The van der Waals surface area contributed by atoms with Crippen LogP contribution in [-0.2, 0) is 6.42 Å². The predicted octanol–water partition coefficient (Wildman–Crippen LogP) is 5.43. The molecule has 2 nitrogen and oxygen atoms in total. The lowest BCUT2D eigenvalue weighted by Gasteiger charge is -2.24. The van der Waals surface area contributed by atoms with Gasteiger partial charge < -0.3 is 4.98 Å². The van der Waals surface area contributed by atoms with Crippen molar-refractivity contribution in [3.8, 4) is 0 Å². The average molecular weight is 318 g/mol. The van der Waals surface area contributed by atoms with Crippen LogP contribution in [0.25, 0.3) is 10.9 Å². The third kappa shape index (κ3) is 3.08. The topological polar surface area (TPSA) is 32.9 Å². The third-order valence-electron chi connectivity index (χ3n) is 4.92. The Hall–Kier alpha value is -1.28. The minimum absolute atomic E-state index is 0.0654. The van der Waals surface area contributed by atoms with Crippen molar-refractivity contribution < 1.29 is 0 Å². The Morgan fingerprint density at radius 3 is 2.64 bits per heavy atom. The molecule has 1 aliphatic rings. The number of aromatic amines is 1. The number of aromatic nitrogens is 1. The SMILES string of the molecule is CC(C)c1c(CC2CCCCC2)c2cc(Cl)ccc2[nH]c1=O. The number of rotatable bonds is 3. The fraction of sp³-hybridized carbons (Fsp3) is 0.526. The lowest BCUT2D eigenvalue weighted by Crippen LogP contribution is -2.20. The van der Waals surface area contributed by atoms with Crippen molar-refractivity contribution in [1.82, 2.24) is 4.98 Å². The predicted molar refractivity (Wildman–Crippen MR) is 93.9 cm³/mol. The van der Waals surface area contributed by atoms with Crippen LogP contribution in [0.2, 0.25) is 5.02 Å². The second kappa shape index (κ2) is 6.45. The van der Waals surface area contributed by atoms with E-state index >= 15 is 0 Å². The van der Waals surface area contributed by atoms with Gasteiger partial charge in [0, 0.05) is 21.5 Å². The molecule has 1 aliphatic carbocycles. The summed E-state index contributed by atoms with van der Waals surface area (Å²) in [7, 11) is 0. The first-order valence-corrected chi connectivity index (χ1v) is 8.78. The molecule has 0 saturated heterocycles. The van der Waals surface area contributed by atoms with Crippen molar-refractivity contribution in [2.75, 3.05) is 0 Å². The summed E-state index contributed by atoms with van der Waals surface area (Å²) in [6, 6.07) is 5.78. The number of benzene rings is 1. The van der Waals surface area contributed by atoms with E-state index in [-0.39, 0.29) is 11.5 Å². The lowest BCUT2D eigenvalue weighted by molar-refractivity contribution is 0.356. The quantitative estimate of drug-likeness (QED) is 0.804. The molecule has 1 N–H and O–H groups in total. The molecule has 1 saturated carbocycles. The van der Waals surface area contributed by atoms with E-state index in [2.05, 4.69) is 18.8 Å². The molecule has 2 aromatic rings. The molecule has 1 aromatic heterocycles. The fourth-order valence-electron chi connectivity index (χ4n) is 3.86. The number of nitrogens with one attached hydrogen (secondary N) is 1. The van der Waals surface area contributed by atoms with Gasteiger partial charge in [-0.1, -0.05) is 57.6 Å². The largest absolute Gasteiger partial charge is 0.322 e. The molecule has 0 aliphatic heterocycles. The highest BCUT2D eigenvalue weighted by atomic mass is 35.5. The van der Waals surface area contributed by atoms with E-state index in [1.165, 1.54) is 37.7 Å². The standard InChI is InChI=1S/C19H24ClNO/c1-12(2)18-16(10-13-6-4-3-5-7-13)15-11-14(20)8-9-17(15)21-19(18)22/h8-9,11-13H,3-7,10H2,1-2H3,(H,21,22). The summed E-state index contributed by atoms with van der Waals surface area (Å²) in [6.07, 6.45) is 7.58. The zero-order valence-corrected chi connectivity index (χ0v) is 14.2. The van der Waals surface area contributed by atoms with Crippen LogP contribution in [0.15, 0.2) is 23.0 Å². The molecule has 0 radical (unpaired) electrons. The van der Waals surface area contributed by atoms with Crippen LogP contribution in [0.4, 0.5) is 0 Å². The molecule has 1 aromatic carbocycles. The van der Waals surface area contributed by atoms with Gasteiger partial charge in [0.2, 0.25) is 0 Å². The van der Waals surface area contributed by atoms with Gasteiger partial charge in [0.05, 0.1) is 0 Å². The summed E-state index contributed by atoms with van der Waals surface area (Å²) in [4.78, 5) is 15.6. The van der Waals surface area contributed by atoms with Crippen molar-refractivity contribution in [2.24, 2.45) is 5.92 Å². The second-order valence-corrected chi connectivity index (χ2v) is 7.34. The second-order valence-electron chi connectivity index (χ2n) is 6.90. The number of fused-ring (bicyclic) bond motifs is 1. The molecule has 1 heterocycles. The fourth-order valence-corrected chi connectivity index (χ4v) is 4.03. The van der Waals surface area contributed by atoms with Gasteiger partial charge in [-0.25, -0.2) is 0 Å². The van der Waals surface area contributed by atoms with E-state index < -0.39 is 0 Å². The summed E-state index contributed by atoms with van der Waals surface area (Å²) in [6.45, 7) is 4.21. The van der Waals surface area contributed by atoms with Gasteiger partial charge in [0.1, 0.15) is 0 Å².